The van der Waals surface area contributed by atoms with Crippen molar-refractivity contribution in [2.45, 2.75) is 13.3 Å². The highest BCUT2D eigenvalue weighted by Crippen LogP contribution is 2.26. The van der Waals surface area contributed by atoms with Crippen LogP contribution in [-0.2, 0) is 9.53 Å². The number of methoxy groups -OCH3 is 1. The SMILES string of the molecule is CCOc1ccccc1OCCC(=O)OC. The van der Waals surface area contributed by atoms with Gasteiger partial charge in [0.25, 0.3) is 0 Å². The van der Waals surface area contributed by atoms with E-state index in [2.05, 4.69) is 4.74 Å². The second-order valence-electron chi connectivity index (χ2n) is 3.05. The lowest BCUT2D eigenvalue weighted by atomic mass is 10.3. The maximum atomic E-state index is 10.9. The van der Waals surface area contributed by atoms with E-state index in [9.17, 15) is 4.79 Å². The van der Waals surface area contributed by atoms with Gasteiger partial charge in [0.15, 0.2) is 11.5 Å². The highest BCUT2D eigenvalue weighted by Gasteiger charge is 2.05. The average molecular weight is 224 g/mol. The maximum absolute atomic E-state index is 10.9. The Bertz CT molecular complexity index is 336. The van der Waals surface area contributed by atoms with Crippen LogP contribution >= 0.6 is 0 Å². The predicted octanol–water partition coefficient (Wildman–Crippen LogP) is 2.03. The molecule has 0 unspecified atom stereocenters. The highest BCUT2D eigenvalue weighted by atomic mass is 16.5. The molecule has 0 aliphatic rings. The lowest BCUT2D eigenvalue weighted by Gasteiger charge is -2.10. The normalized spacial score (nSPS) is 9.62. The van der Waals surface area contributed by atoms with Gasteiger partial charge in [0.2, 0.25) is 0 Å². The van der Waals surface area contributed by atoms with E-state index in [1.165, 1.54) is 7.11 Å². The van der Waals surface area contributed by atoms with Gasteiger partial charge in [-0.3, -0.25) is 4.79 Å². The number of ether oxygens (including phenoxy) is 3. The number of para-hydroxylation sites is 2. The molecule has 1 aromatic rings. The molecule has 0 aliphatic carbocycles. The van der Waals surface area contributed by atoms with Gasteiger partial charge in [0, 0.05) is 0 Å². The second kappa shape index (κ2) is 6.71. The van der Waals surface area contributed by atoms with Crippen molar-refractivity contribution in [3.8, 4) is 11.5 Å². The molecular formula is C12H16O4. The van der Waals surface area contributed by atoms with Gasteiger partial charge >= 0.3 is 5.97 Å². The third kappa shape index (κ3) is 3.81. The van der Waals surface area contributed by atoms with Crippen molar-refractivity contribution >= 4 is 5.97 Å². The number of carbonyl (C=O) groups is 1. The highest BCUT2D eigenvalue weighted by molar-refractivity contribution is 5.69. The van der Waals surface area contributed by atoms with E-state index in [0.717, 1.165) is 0 Å². The fourth-order valence-corrected chi connectivity index (χ4v) is 1.19. The fraction of sp³-hybridized carbons (Fsp3) is 0.417. The van der Waals surface area contributed by atoms with Gasteiger partial charge in [0.1, 0.15) is 0 Å². The molecule has 0 aromatic heterocycles. The van der Waals surface area contributed by atoms with Crippen molar-refractivity contribution in [2.24, 2.45) is 0 Å². The third-order valence-electron chi connectivity index (χ3n) is 1.94. The zero-order chi connectivity index (χ0) is 11.8. The molecular weight excluding hydrogens is 208 g/mol. The smallest absolute Gasteiger partial charge is 0.308 e. The molecule has 88 valence electrons. The number of esters is 1. The Labute approximate surface area is 95.1 Å². The van der Waals surface area contributed by atoms with Gasteiger partial charge in [-0.25, -0.2) is 0 Å². The topological polar surface area (TPSA) is 44.8 Å². The molecule has 0 atom stereocenters. The Morgan fingerprint density at radius 3 is 2.38 bits per heavy atom. The maximum Gasteiger partial charge on any atom is 0.308 e. The minimum atomic E-state index is -0.283. The monoisotopic (exact) mass is 224 g/mol. The molecule has 16 heavy (non-hydrogen) atoms. The summed E-state index contributed by atoms with van der Waals surface area (Å²) in [4.78, 5) is 10.9. The van der Waals surface area contributed by atoms with Gasteiger partial charge in [-0.1, -0.05) is 12.1 Å². The molecule has 0 N–H and O–H groups in total. The molecule has 0 fully saturated rings. The van der Waals surface area contributed by atoms with Crippen molar-refractivity contribution < 1.29 is 19.0 Å². The van der Waals surface area contributed by atoms with Gasteiger partial charge in [0.05, 0.1) is 26.7 Å². The first kappa shape index (κ1) is 12.4. The molecule has 0 saturated carbocycles. The van der Waals surface area contributed by atoms with Crippen LogP contribution in [0.1, 0.15) is 13.3 Å². The van der Waals surface area contributed by atoms with E-state index in [1.807, 2.05) is 31.2 Å². The van der Waals surface area contributed by atoms with Crippen LogP contribution in [0.4, 0.5) is 0 Å². The lowest BCUT2D eigenvalue weighted by Crippen LogP contribution is -2.08. The van der Waals surface area contributed by atoms with Crippen molar-refractivity contribution in [2.75, 3.05) is 20.3 Å². The van der Waals surface area contributed by atoms with Crippen molar-refractivity contribution in [3.05, 3.63) is 24.3 Å². The van der Waals surface area contributed by atoms with Crippen molar-refractivity contribution in [3.63, 3.8) is 0 Å². The number of hydrogen-bond donors (Lipinski definition) is 0. The number of hydrogen-bond acceptors (Lipinski definition) is 4. The fourth-order valence-electron chi connectivity index (χ4n) is 1.19. The van der Waals surface area contributed by atoms with Crippen LogP contribution in [0.5, 0.6) is 11.5 Å². The Hall–Kier alpha value is -1.71. The largest absolute Gasteiger partial charge is 0.490 e. The van der Waals surface area contributed by atoms with E-state index in [0.29, 0.717) is 18.1 Å². The third-order valence-corrected chi connectivity index (χ3v) is 1.94. The molecule has 0 saturated heterocycles. The van der Waals surface area contributed by atoms with Gasteiger partial charge in [-0.15, -0.1) is 0 Å². The zero-order valence-corrected chi connectivity index (χ0v) is 9.56. The molecule has 0 heterocycles. The summed E-state index contributed by atoms with van der Waals surface area (Å²) in [5.41, 5.74) is 0. The summed E-state index contributed by atoms with van der Waals surface area (Å²) in [5, 5.41) is 0. The van der Waals surface area contributed by atoms with Crippen molar-refractivity contribution in [1.82, 2.24) is 0 Å². The van der Waals surface area contributed by atoms with Crippen LogP contribution in [0.3, 0.4) is 0 Å². The van der Waals surface area contributed by atoms with Crippen LogP contribution in [0.15, 0.2) is 24.3 Å². The molecule has 4 heteroatoms. The summed E-state index contributed by atoms with van der Waals surface area (Å²) in [6.07, 6.45) is 0.233. The Morgan fingerprint density at radius 1 is 1.19 bits per heavy atom. The summed E-state index contributed by atoms with van der Waals surface area (Å²) in [7, 11) is 1.36. The Kier molecular flexibility index (Phi) is 5.19. The zero-order valence-electron chi connectivity index (χ0n) is 9.56. The van der Waals surface area contributed by atoms with Crippen LogP contribution in [0.2, 0.25) is 0 Å². The minimum absolute atomic E-state index is 0.233. The summed E-state index contributed by atoms with van der Waals surface area (Å²) in [5.74, 6) is 1.05. The summed E-state index contributed by atoms with van der Waals surface area (Å²) in [6.45, 7) is 2.78. The number of benzene rings is 1. The van der Waals surface area contributed by atoms with E-state index >= 15 is 0 Å². The van der Waals surface area contributed by atoms with Crippen LogP contribution in [0, 0.1) is 0 Å². The minimum Gasteiger partial charge on any atom is -0.490 e. The number of carbonyl (C=O) groups excluding carboxylic acids is 1. The molecule has 0 radical (unpaired) electrons. The summed E-state index contributed by atoms with van der Waals surface area (Å²) >= 11 is 0. The molecule has 0 spiro atoms. The first-order valence-corrected chi connectivity index (χ1v) is 5.19. The Balaban J connectivity index is 2.49. The van der Waals surface area contributed by atoms with E-state index < -0.39 is 0 Å². The van der Waals surface area contributed by atoms with Gasteiger partial charge in [-0.2, -0.15) is 0 Å². The van der Waals surface area contributed by atoms with E-state index in [4.69, 9.17) is 9.47 Å². The van der Waals surface area contributed by atoms with Crippen LogP contribution in [0.25, 0.3) is 0 Å². The first-order chi connectivity index (χ1) is 7.77. The quantitative estimate of drug-likeness (QED) is 0.693. The van der Waals surface area contributed by atoms with E-state index in [-0.39, 0.29) is 19.0 Å². The lowest BCUT2D eigenvalue weighted by molar-refractivity contribution is -0.141. The molecule has 0 amide bonds. The van der Waals surface area contributed by atoms with Gasteiger partial charge < -0.3 is 14.2 Å². The molecule has 0 aliphatic heterocycles. The van der Waals surface area contributed by atoms with Crippen LogP contribution in [-0.4, -0.2) is 26.3 Å². The molecule has 1 aromatic carbocycles. The molecule has 0 bridgehead atoms. The van der Waals surface area contributed by atoms with E-state index in [1.54, 1.807) is 0 Å². The van der Waals surface area contributed by atoms with Gasteiger partial charge in [-0.05, 0) is 19.1 Å². The van der Waals surface area contributed by atoms with Crippen molar-refractivity contribution in [1.29, 1.82) is 0 Å². The second-order valence-corrected chi connectivity index (χ2v) is 3.05. The first-order valence-electron chi connectivity index (χ1n) is 5.19. The summed E-state index contributed by atoms with van der Waals surface area (Å²) in [6, 6.07) is 7.37. The number of rotatable bonds is 6. The average Bonchev–Trinajstić information content (AvgIpc) is 2.31. The predicted molar refractivity (Wildman–Crippen MR) is 59.7 cm³/mol. The Morgan fingerprint density at radius 2 is 1.81 bits per heavy atom. The molecule has 4 nitrogen and oxygen atoms in total. The van der Waals surface area contributed by atoms with Crippen LogP contribution < -0.4 is 9.47 Å². The molecule has 1 rings (SSSR count). The summed E-state index contributed by atoms with van der Waals surface area (Å²) < 4.78 is 15.3. The standard InChI is InChI=1S/C12H16O4/c1-3-15-10-6-4-5-7-11(10)16-9-8-12(13)14-2/h4-7H,3,8-9H2,1-2H3.